The Labute approximate surface area is 160 Å². The SMILES string of the molecule is Cc1c(C(=O)NC(C)c2ccc(OC(C)C)cc2)nnn1C1CCNCC1. The summed E-state index contributed by atoms with van der Waals surface area (Å²) in [5.74, 6) is 0.635. The third-order valence-corrected chi connectivity index (χ3v) is 4.90. The van der Waals surface area contributed by atoms with Crippen molar-refractivity contribution >= 4 is 5.91 Å². The molecule has 2 aromatic rings. The van der Waals surface area contributed by atoms with E-state index in [9.17, 15) is 4.79 Å². The number of hydrogen-bond acceptors (Lipinski definition) is 5. The molecule has 1 aliphatic heterocycles. The van der Waals surface area contributed by atoms with Crippen LogP contribution in [-0.4, -0.2) is 40.1 Å². The van der Waals surface area contributed by atoms with Crippen LogP contribution in [0.1, 0.15) is 67.4 Å². The monoisotopic (exact) mass is 371 g/mol. The van der Waals surface area contributed by atoms with Gasteiger partial charge in [-0.05, 0) is 71.3 Å². The molecule has 3 rings (SSSR count). The van der Waals surface area contributed by atoms with Gasteiger partial charge < -0.3 is 15.4 Å². The normalized spacial score (nSPS) is 16.3. The quantitative estimate of drug-likeness (QED) is 0.816. The van der Waals surface area contributed by atoms with Crippen LogP contribution in [0.4, 0.5) is 0 Å². The van der Waals surface area contributed by atoms with E-state index in [4.69, 9.17) is 4.74 Å². The van der Waals surface area contributed by atoms with Crippen molar-refractivity contribution in [2.24, 2.45) is 0 Å². The Morgan fingerprint density at radius 3 is 2.52 bits per heavy atom. The number of nitrogens with one attached hydrogen (secondary N) is 2. The van der Waals surface area contributed by atoms with Gasteiger partial charge in [0, 0.05) is 0 Å². The van der Waals surface area contributed by atoms with Crippen molar-refractivity contribution in [2.75, 3.05) is 13.1 Å². The Hall–Kier alpha value is -2.41. The molecule has 1 aliphatic rings. The maximum absolute atomic E-state index is 12.7. The molecule has 1 amide bonds. The summed E-state index contributed by atoms with van der Waals surface area (Å²) in [5, 5.41) is 14.8. The number of piperidine rings is 1. The van der Waals surface area contributed by atoms with Crippen molar-refractivity contribution in [2.45, 2.75) is 58.7 Å². The molecule has 1 aromatic carbocycles. The zero-order valence-corrected chi connectivity index (χ0v) is 16.5. The Bertz CT molecular complexity index is 763. The van der Waals surface area contributed by atoms with Crippen LogP contribution in [0, 0.1) is 6.92 Å². The molecule has 0 saturated carbocycles. The lowest BCUT2D eigenvalue weighted by Gasteiger charge is -2.23. The van der Waals surface area contributed by atoms with Crippen molar-refractivity contribution in [3.63, 3.8) is 0 Å². The second-order valence-corrected chi connectivity index (χ2v) is 7.38. The standard InChI is InChI=1S/C20H29N5O2/c1-13(2)27-18-7-5-16(6-8-18)14(3)22-20(26)19-15(4)25(24-23-19)17-9-11-21-12-10-17/h5-8,13-14,17,21H,9-12H2,1-4H3,(H,22,26). The molecule has 7 heteroatoms. The van der Waals surface area contributed by atoms with Crippen LogP contribution in [-0.2, 0) is 0 Å². The first-order valence-electron chi connectivity index (χ1n) is 9.65. The van der Waals surface area contributed by atoms with Crippen LogP contribution in [0.25, 0.3) is 0 Å². The molecule has 1 aromatic heterocycles. The highest BCUT2D eigenvalue weighted by Gasteiger charge is 2.23. The third kappa shape index (κ3) is 4.66. The topological polar surface area (TPSA) is 81.1 Å². The minimum Gasteiger partial charge on any atom is -0.491 e. The molecule has 27 heavy (non-hydrogen) atoms. The number of carbonyl (C=O) groups is 1. The largest absolute Gasteiger partial charge is 0.491 e. The zero-order valence-electron chi connectivity index (χ0n) is 16.5. The lowest BCUT2D eigenvalue weighted by molar-refractivity contribution is 0.0934. The first-order valence-corrected chi connectivity index (χ1v) is 9.65. The van der Waals surface area contributed by atoms with E-state index in [0.29, 0.717) is 11.7 Å². The van der Waals surface area contributed by atoms with Crippen LogP contribution >= 0.6 is 0 Å². The summed E-state index contributed by atoms with van der Waals surface area (Å²) in [6, 6.07) is 7.98. The summed E-state index contributed by atoms with van der Waals surface area (Å²) in [6.45, 7) is 9.81. The van der Waals surface area contributed by atoms with E-state index in [0.717, 1.165) is 42.9 Å². The molecule has 1 saturated heterocycles. The van der Waals surface area contributed by atoms with Gasteiger partial charge in [-0.15, -0.1) is 5.10 Å². The van der Waals surface area contributed by atoms with E-state index in [1.807, 2.05) is 56.6 Å². The summed E-state index contributed by atoms with van der Waals surface area (Å²) >= 11 is 0. The molecule has 1 atom stereocenters. The van der Waals surface area contributed by atoms with Gasteiger partial charge in [-0.3, -0.25) is 4.79 Å². The average Bonchev–Trinajstić information content (AvgIpc) is 3.04. The molecule has 0 aliphatic carbocycles. The van der Waals surface area contributed by atoms with Crippen LogP contribution in [0.3, 0.4) is 0 Å². The van der Waals surface area contributed by atoms with E-state index in [-0.39, 0.29) is 18.1 Å². The number of hydrogen-bond donors (Lipinski definition) is 2. The first-order chi connectivity index (χ1) is 13.0. The predicted octanol–water partition coefficient (Wildman–Crippen LogP) is 2.79. The first kappa shape index (κ1) is 19.4. The summed E-state index contributed by atoms with van der Waals surface area (Å²) < 4.78 is 7.56. The van der Waals surface area contributed by atoms with E-state index >= 15 is 0 Å². The lowest BCUT2D eigenvalue weighted by atomic mass is 10.1. The second-order valence-electron chi connectivity index (χ2n) is 7.38. The van der Waals surface area contributed by atoms with Gasteiger partial charge >= 0.3 is 0 Å². The molecule has 2 N–H and O–H groups in total. The molecule has 1 fully saturated rings. The molecule has 2 heterocycles. The third-order valence-electron chi connectivity index (χ3n) is 4.90. The Morgan fingerprint density at radius 2 is 1.89 bits per heavy atom. The Balaban J connectivity index is 1.65. The summed E-state index contributed by atoms with van der Waals surface area (Å²) in [4.78, 5) is 12.7. The molecule has 0 radical (unpaired) electrons. The Morgan fingerprint density at radius 1 is 1.22 bits per heavy atom. The van der Waals surface area contributed by atoms with E-state index < -0.39 is 0 Å². The Kier molecular flexibility index (Phi) is 6.11. The van der Waals surface area contributed by atoms with E-state index in [2.05, 4.69) is 20.9 Å². The maximum atomic E-state index is 12.7. The lowest BCUT2D eigenvalue weighted by Crippen LogP contribution is -2.31. The van der Waals surface area contributed by atoms with Gasteiger partial charge in [0.05, 0.1) is 23.9 Å². The van der Waals surface area contributed by atoms with Gasteiger partial charge in [-0.1, -0.05) is 17.3 Å². The minimum atomic E-state index is -0.192. The highest BCUT2D eigenvalue weighted by Crippen LogP contribution is 2.22. The van der Waals surface area contributed by atoms with Crippen LogP contribution in [0.5, 0.6) is 5.75 Å². The number of rotatable bonds is 6. The average molecular weight is 371 g/mol. The number of nitrogens with zero attached hydrogens (tertiary/aromatic N) is 3. The fourth-order valence-electron chi connectivity index (χ4n) is 3.40. The molecule has 1 unspecified atom stereocenters. The van der Waals surface area contributed by atoms with Gasteiger partial charge in [0.1, 0.15) is 5.75 Å². The van der Waals surface area contributed by atoms with Crippen LogP contribution in [0.15, 0.2) is 24.3 Å². The van der Waals surface area contributed by atoms with Crippen molar-refractivity contribution < 1.29 is 9.53 Å². The van der Waals surface area contributed by atoms with Crippen molar-refractivity contribution in [3.8, 4) is 5.75 Å². The molecular formula is C20H29N5O2. The van der Waals surface area contributed by atoms with Crippen molar-refractivity contribution in [1.82, 2.24) is 25.6 Å². The van der Waals surface area contributed by atoms with E-state index in [1.165, 1.54) is 0 Å². The van der Waals surface area contributed by atoms with Gasteiger partial charge in [0.25, 0.3) is 5.91 Å². The highest BCUT2D eigenvalue weighted by molar-refractivity contribution is 5.93. The van der Waals surface area contributed by atoms with Crippen LogP contribution in [0.2, 0.25) is 0 Å². The van der Waals surface area contributed by atoms with Gasteiger partial charge in [-0.2, -0.15) is 0 Å². The number of benzene rings is 1. The fraction of sp³-hybridized carbons (Fsp3) is 0.550. The van der Waals surface area contributed by atoms with Crippen molar-refractivity contribution in [3.05, 3.63) is 41.2 Å². The number of carbonyl (C=O) groups excluding carboxylic acids is 1. The van der Waals surface area contributed by atoms with E-state index in [1.54, 1.807) is 0 Å². The van der Waals surface area contributed by atoms with Crippen LogP contribution < -0.4 is 15.4 Å². The predicted molar refractivity (Wildman–Crippen MR) is 104 cm³/mol. The molecule has 7 nitrogen and oxygen atoms in total. The maximum Gasteiger partial charge on any atom is 0.274 e. The van der Waals surface area contributed by atoms with Gasteiger partial charge in [-0.25, -0.2) is 4.68 Å². The molecule has 0 spiro atoms. The molecule has 0 bridgehead atoms. The second kappa shape index (κ2) is 8.52. The summed E-state index contributed by atoms with van der Waals surface area (Å²) in [5.41, 5.74) is 2.25. The number of aromatic nitrogens is 3. The number of ether oxygens (including phenoxy) is 1. The fourth-order valence-corrected chi connectivity index (χ4v) is 3.40. The highest BCUT2D eigenvalue weighted by atomic mass is 16.5. The molecule has 146 valence electrons. The van der Waals surface area contributed by atoms with Crippen molar-refractivity contribution in [1.29, 1.82) is 0 Å². The minimum absolute atomic E-state index is 0.131. The van der Waals surface area contributed by atoms with Gasteiger partial charge in [0.15, 0.2) is 5.69 Å². The van der Waals surface area contributed by atoms with Gasteiger partial charge in [0.2, 0.25) is 0 Å². The molecular weight excluding hydrogens is 342 g/mol. The zero-order chi connectivity index (χ0) is 19.4. The summed E-state index contributed by atoms with van der Waals surface area (Å²) in [6.07, 6.45) is 2.15. The smallest absolute Gasteiger partial charge is 0.274 e. The number of amides is 1. The summed E-state index contributed by atoms with van der Waals surface area (Å²) in [7, 11) is 0.